The lowest BCUT2D eigenvalue weighted by molar-refractivity contribution is 0.202. The predicted molar refractivity (Wildman–Crippen MR) is 60.0 cm³/mol. The normalized spacial score (nSPS) is 20.1. The van der Waals surface area contributed by atoms with Crippen LogP contribution in [0.3, 0.4) is 0 Å². The molecule has 0 aromatic heterocycles. The molecule has 0 bridgehead atoms. The van der Waals surface area contributed by atoms with Gasteiger partial charge >= 0.3 is 0 Å². The Balaban J connectivity index is 4.57. The molecule has 86 valence electrons. The lowest BCUT2D eigenvalue weighted by Gasteiger charge is -2.27. The zero-order valence-electron chi connectivity index (χ0n) is 9.44. The Hall–Kier alpha value is 0.150. The summed E-state index contributed by atoms with van der Waals surface area (Å²) >= 11 is 0. The molecule has 0 aliphatic rings. The van der Waals surface area contributed by atoms with Crippen LogP contribution in [0.2, 0.25) is 0 Å². The van der Waals surface area contributed by atoms with E-state index in [1.165, 1.54) is 0 Å². The van der Waals surface area contributed by atoms with Crippen LogP contribution in [0.15, 0.2) is 0 Å². The van der Waals surface area contributed by atoms with E-state index >= 15 is 0 Å². The van der Waals surface area contributed by atoms with Crippen LogP contribution in [0, 0.1) is 0 Å². The Kier molecular flexibility index (Phi) is 6.67. The van der Waals surface area contributed by atoms with Crippen molar-refractivity contribution in [2.24, 2.45) is 0 Å². The predicted octanol–water partition coefficient (Wildman–Crippen LogP) is 2.61. The highest BCUT2D eigenvalue weighted by atomic mass is 31.2. The molecule has 2 atom stereocenters. The first-order valence-electron chi connectivity index (χ1n) is 5.47. The van der Waals surface area contributed by atoms with Crippen molar-refractivity contribution in [2.75, 3.05) is 6.16 Å². The molecule has 0 aromatic rings. The number of hydrogen-bond acceptors (Lipinski definition) is 3. The number of aliphatic hydroxyl groups excluding tert-OH is 2. The Bertz CT molecular complexity index is 180. The van der Waals surface area contributed by atoms with Crippen molar-refractivity contribution in [3.8, 4) is 0 Å². The molecule has 0 amide bonds. The first-order chi connectivity index (χ1) is 6.52. The second-order valence-electron chi connectivity index (χ2n) is 3.71. The summed E-state index contributed by atoms with van der Waals surface area (Å²) in [6.07, 6.45) is 3.13. The van der Waals surface area contributed by atoms with Gasteiger partial charge in [0.1, 0.15) is 18.8 Å². The smallest absolute Gasteiger partial charge is 0.142 e. The van der Waals surface area contributed by atoms with E-state index in [-0.39, 0.29) is 0 Å². The molecule has 2 unspecified atom stereocenters. The van der Waals surface area contributed by atoms with Gasteiger partial charge in [0.2, 0.25) is 0 Å². The third-order valence-electron chi connectivity index (χ3n) is 2.60. The Morgan fingerprint density at radius 2 is 1.50 bits per heavy atom. The molecule has 0 heterocycles. The van der Waals surface area contributed by atoms with E-state index < -0.39 is 18.8 Å². The Morgan fingerprint density at radius 3 is 1.79 bits per heavy atom. The minimum atomic E-state index is -2.81. The average Bonchev–Trinajstić information content (AvgIpc) is 2.23. The number of rotatable bonds is 7. The SMILES string of the molecule is CCCCP(=O)(C(O)CC)C(O)CC. The van der Waals surface area contributed by atoms with E-state index in [1.807, 2.05) is 6.92 Å². The van der Waals surface area contributed by atoms with Crippen LogP contribution in [-0.2, 0) is 4.57 Å². The van der Waals surface area contributed by atoms with Gasteiger partial charge in [0.15, 0.2) is 0 Å². The fourth-order valence-corrected chi connectivity index (χ4v) is 4.56. The van der Waals surface area contributed by atoms with E-state index in [4.69, 9.17) is 0 Å². The molecule has 0 aromatic carbocycles. The average molecular weight is 222 g/mol. The summed E-state index contributed by atoms with van der Waals surface area (Å²) in [5, 5.41) is 19.4. The van der Waals surface area contributed by atoms with Crippen LogP contribution in [0.1, 0.15) is 46.5 Å². The lowest BCUT2D eigenvalue weighted by Crippen LogP contribution is -2.19. The van der Waals surface area contributed by atoms with Crippen molar-refractivity contribution >= 4 is 7.14 Å². The first-order valence-corrected chi connectivity index (χ1v) is 7.50. The molecular formula is C10H23O3P. The first kappa shape index (κ1) is 14.2. The van der Waals surface area contributed by atoms with Crippen LogP contribution in [-0.4, -0.2) is 28.1 Å². The van der Waals surface area contributed by atoms with Crippen molar-refractivity contribution in [1.82, 2.24) is 0 Å². The molecular weight excluding hydrogens is 199 g/mol. The fourth-order valence-electron chi connectivity index (χ4n) is 1.52. The lowest BCUT2D eigenvalue weighted by atomic mass is 10.4. The molecule has 0 aliphatic carbocycles. The Morgan fingerprint density at radius 1 is 1.07 bits per heavy atom. The topological polar surface area (TPSA) is 57.5 Å². The third-order valence-corrected chi connectivity index (χ3v) is 6.36. The van der Waals surface area contributed by atoms with Gasteiger partial charge in [-0.05, 0) is 19.3 Å². The van der Waals surface area contributed by atoms with Gasteiger partial charge in [-0.3, -0.25) is 0 Å². The fraction of sp³-hybridized carbons (Fsp3) is 1.00. The van der Waals surface area contributed by atoms with Gasteiger partial charge in [0, 0.05) is 6.16 Å². The zero-order valence-corrected chi connectivity index (χ0v) is 10.3. The van der Waals surface area contributed by atoms with Gasteiger partial charge in [0.25, 0.3) is 0 Å². The standard InChI is InChI=1S/C10H23O3P/c1-4-7-8-14(13,9(11)5-2)10(12)6-3/h9-12H,4-8H2,1-3H3. The minimum absolute atomic E-state index is 0.456. The summed E-state index contributed by atoms with van der Waals surface area (Å²) in [5.74, 6) is -1.66. The monoisotopic (exact) mass is 222 g/mol. The summed E-state index contributed by atoms with van der Waals surface area (Å²) in [6, 6.07) is 0. The molecule has 0 saturated carbocycles. The molecule has 0 fully saturated rings. The van der Waals surface area contributed by atoms with Crippen molar-refractivity contribution < 1.29 is 14.8 Å². The summed E-state index contributed by atoms with van der Waals surface area (Å²) in [5.41, 5.74) is 0. The molecule has 0 spiro atoms. The number of hydrogen-bond donors (Lipinski definition) is 2. The number of unbranched alkanes of at least 4 members (excludes halogenated alkanes) is 1. The molecule has 3 nitrogen and oxygen atoms in total. The number of aliphatic hydroxyl groups is 2. The largest absolute Gasteiger partial charge is 0.385 e. The quantitative estimate of drug-likeness (QED) is 0.651. The third kappa shape index (κ3) is 3.38. The summed E-state index contributed by atoms with van der Waals surface area (Å²) in [4.78, 5) is 0. The molecule has 0 saturated heterocycles. The van der Waals surface area contributed by atoms with Crippen molar-refractivity contribution in [2.45, 2.75) is 58.1 Å². The summed E-state index contributed by atoms with van der Waals surface area (Å²) in [7, 11) is -2.81. The van der Waals surface area contributed by atoms with Crippen molar-refractivity contribution in [1.29, 1.82) is 0 Å². The zero-order chi connectivity index (χ0) is 11.2. The Labute approximate surface area is 86.9 Å². The van der Waals surface area contributed by atoms with Gasteiger partial charge in [-0.15, -0.1) is 0 Å². The maximum Gasteiger partial charge on any atom is 0.142 e. The molecule has 2 N–H and O–H groups in total. The van der Waals surface area contributed by atoms with Crippen LogP contribution < -0.4 is 0 Å². The van der Waals surface area contributed by atoms with Gasteiger partial charge in [-0.2, -0.15) is 0 Å². The molecule has 0 radical (unpaired) electrons. The maximum atomic E-state index is 12.3. The highest BCUT2D eigenvalue weighted by Gasteiger charge is 2.35. The van der Waals surface area contributed by atoms with Crippen LogP contribution in [0.25, 0.3) is 0 Å². The molecule has 14 heavy (non-hydrogen) atoms. The maximum absolute atomic E-state index is 12.3. The van der Waals surface area contributed by atoms with E-state index in [2.05, 4.69) is 0 Å². The van der Waals surface area contributed by atoms with E-state index in [1.54, 1.807) is 13.8 Å². The molecule has 0 rings (SSSR count). The van der Waals surface area contributed by atoms with Gasteiger partial charge in [-0.1, -0.05) is 27.2 Å². The van der Waals surface area contributed by atoms with Crippen molar-refractivity contribution in [3.05, 3.63) is 0 Å². The van der Waals surface area contributed by atoms with Crippen LogP contribution >= 0.6 is 7.14 Å². The molecule has 0 aliphatic heterocycles. The highest BCUT2D eigenvalue weighted by molar-refractivity contribution is 7.64. The van der Waals surface area contributed by atoms with E-state index in [0.717, 1.165) is 12.8 Å². The van der Waals surface area contributed by atoms with Crippen molar-refractivity contribution in [3.63, 3.8) is 0 Å². The second kappa shape index (κ2) is 6.60. The van der Waals surface area contributed by atoms with E-state index in [0.29, 0.717) is 19.0 Å². The van der Waals surface area contributed by atoms with Crippen LogP contribution in [0.5, 0.6) is 0 Å². The highest BCUT2D eigenvalue weighted by Crippen LogP contribution is 2.56. The van der Waals surface area contributed by atoms with Gasteiger partial charge < -0.3 is 14.8 Å². The minimum Gasteiger partial charge on any atom is -0.385 e. The molecule has 4 heteroatoms. The summed E-state index contributed by atoms with van der Waals surface area (Å²) < 4.78 is 12.3. The second-order valence-corrected chi connectivity index (χ2v) is 7.06. The van der Waals surface area contributed by atoms with E-state index in [9.17, 15) is 14.8 Å². The van der Waals surface area contributed by atoms with Gasteiger partial charge in [0.05, 0.1) is 0 Å². The summed E-state index contributed by atoms with van der Waals surface area (Å²) in [6.45, 7) is 5.61. The van der Waals surface area contributed by atoms with Crippen LogP contribution in [0.4, 0.5) is 0 Å². The van der Waals surface area contributed by atoms with Gasteiger partial charge in [-0.25, -0.2) is 0 Å².